The number of hydrogen-bond acceptors (Lipinski definition) is 0. The molecule has 0 rings (SSSR count). The first kappa shape index (κ1) is 11.2. The Kier molecular flexibility index (Phi) is 4.38. The topological polar surface area (TPSA) is 0 Å². The van der Waals surface area contributed by atoms with Gasteiger partial charge in [0.2, 0.25) is 0 Å². The lowest BCUT2D eigenvalue weighted by Crippen LogP contribution is -2.19. The third kappa shape index (κ3) is 6.61. The second kappa shape index (κ2) is 4.29. The van der Waals surface area contributed by atoms with Crippen LogP contribution in [0.15, 0.2) is 0 Å². The largest absolute Gasteiger partial charge is 0.0713 e. The van der Waals surface area contributed by atoms with E-state index < -0.39 is 0 Å². The predicted molar refractivity (Wildman–Crippen MR) is 55.3 cm³/mol. The van der Waals surface area contributed by atoms with Gasteiger partial charge in [0.15, 0.2) is 0 Å². The highest BCUT2D eigenvalue weighted by Gasteiger charge is 2.20. The molecule has 0 atom stereocenters. The van der Waals surface area contributed by atoms with Crippen molar-refractivity contribution in [1.82, 2.24) is 0 Å². The first-order valence-corrected chi connectivity index (χ1v) is 7.12. The molecule has 0 saturated carbocycles. The first-order valence-electron chi connectivity index (χ1n) is 4.41. The Bertz CT molecular complexity index is 91.4. The summed E-state index contributed by atoms with van der Waals surface area (Å²) in [7, 11) is -0.0501. The summed E-state index contributed by atoms with van der Waals surface area (Å²) in [5.74, 6) is 1.57. The third-order valence-corrected chi connectivity index (χ3v) is 3.33. The molecule has 0 nitrogen and oxygen atoms in total. The van der Waals surface area contributed by atoms with Crippen molar-refractivity contribution in [3.05, 3.63) is 5.92 Å². The molecular weight excluding hydrogens is 148 g/mol. The third-order valence-electron chi connectivity index (χ3n) is 1.66. The molecule has 0 bridgehead atoms. The summed E-state index contributed by atoms with van der Waals surface area (Å²) in [5.41, 5.74) is 0.552. The lowest BCUT2D eigenvalue weighted by Gasteiger charge is -2.27. The summed E-state index contributed by atoms with van der Waals surface area (Å²) in [6.07, 6.45) is 1.29. The molecular formula is C10H22Si. The minimum Gasteiger partial charge on any atom is -0.0713 e. The number of hydrogen-bond donors (Lipinski definition) is 0. The Morgan fingerprint density at radius 2 is 1.64 bits per heavy atom. The van der Waals surface area contributed by atoms with E-state index in [2.05, 4.69) is 40.8 Å². The molecule has 0 heterocycles. The fourth-order valence-corrected chi connectivity index (χ4v) is 4.02. The van der Waals surface area contributed by atoms with Crippen LogP contribution in [0.25, 0.3) is 0 Å². The fourth-order valence-electron chi connectivity index (χ4n) is 1.98. The van der Waals surface area contributed by atoms with Crippen LogP contribution in [0.1, 0.15) is 34.1 Å². The average molecular weight is 170 g/mol. The Hall–Kier alpha value is 0.217. The van der Waals surface area contributed by atoms with Gasteiger partial charge >= 0.3 is 0 Å². The van der Waals surface area contributed by atoms with Gasteiger partial charge in [-0.25, -0.2) is 0 Å². The monoisotopic (exact) mass is 170 g/mol. The van der Waals surface area contributed by atoms with Crippen LogP contribution in [-0.4, -0.2) is 8.80 Å². The maximum absolute atomic E-state index is 2.40. The van der Waals surface area contributed by atoms with Crippen molar-refractivity contribution in [3.8, 4) is 0 Å². The smallest absolute Gasteiger partial charge is 0.0418 e. The van der Waals surface area contributed by atoms with Crippen LogP contribution >= 0.6 is 0 Å². The van der Waals surface area contributed by atoms with Gasteiger partial charge in [0.1, 0.15) is 0 Å². The molecule has 0 spiro atoms. The molecule has 0 aliphatic carbocycles. The summed E-state index contributed by atoms with van der Waals surface area (Å²) < 4.78 is 0. The lowest BCUT2D eigenvalue weighted by molar-refractivity contribution is 0.386. The van der Waals surface area contributed by atoms with Crippen molar-refractivity contribution < 1.29 is 0 Å². The van der Waals surface area contributed by atoms with E-state index in [4.69, 9.17) is 0 Å². The van der Waals surface area contributed by atoms with Crippen molar-refractivity contribution in [3.63, 3.8) is 0 Å². The van der Waals surface area contributed by atoms with Gasteiger partial charge in [0, 0.05) is 8.80 Å². The first-order chi connectivity index (χ1) is 4.83. The molecule has 0 aromatic heterocycles. The molecule has 11 heavy (non-hydrogen) atoms. The highest BCUT2D eigenvalue weighted by Crippen LogP contribution is 2.31. The number of rotatable bonds is 4. The van der Waals surface area contributed by atoms with Gasteiger partial charge in [-0.1, -0.05) is 46.8 Å². The predicted octanol–water partition coefficient (Wildman–Crippen LogP) is 3.77. The molecule has 0 amide bonds. The Morgan fingerprint density at radius 3 is 1.91 bits per heavy atom. The average Bonchev–Trinajstić information content (AvgIpc) is 1.53. The Balaban J connectivity index is 3.79. The van der Waals surface area contributed by atoms with Crippen molar-refractivity contribution >= 4 is 8.80 Å². The van der Waals surface area contributed by atoms with Crippen molar-refractivity contribution in [1.29, 1.82) is 0 Å². The minimum absolute atomic E-state index is 0.0501. The molecule has 0 aromatic carbocycles. The highest BCUT2D eigenvalue weighted by molar-refractivity contribution is 6.55. The molecule has 1 heteroatoms. The molecule has 0 unspecified atom stereocenters. The summed E-state index contributed by atoms with van der Waals surface area (Å²) in [6.45, 7) is 14.0. The Labute approximate surface area is 74.0 Å². The summed E-state index contributed by atoms with van der Waals surface area (Å²) >= 11 is 0. The summed E-state index contributed by atoms with van der Waals surface area (Å²) in [4.78, 5) is 0. The zero-order valence-corrected chi connectivity index (χ0v) is 9.91. The van der Waals surface area contributed by atoms with Gasteiger partial charge < -0.3 is 0 Å². The van der Waals surface area contributed by atoms with E-state index in [0.29, 0.717) is 5.41 Å². The van der Waals surface area contributed by atoms with Gasteiger partial charge in [-0.2, -0.15) is 0 Å². The van der Waals surface area contributed by atoms with E-state index in [0.717, 1.165) is 0 Å². The molecule has 0 N–H and O–H groups in total. The molecule has 0 aliphatic rings. The van der Waals surface area contributed by atoms with Gasteiger partial charge in [-0.05, 0) is 17.8 Å². The van der Waals surface area contributed by atoms with Crippen LogP contribution in [-0.2, 0) is 0 Å². The molecule has 0 saturated heterocycles. The second-order valence-electron chi connectivity index (χ2n) is 4.93. The van der Waals surface area contributed by atoms with Crippen LogP contribution in [0, 0.1) is 11.3 Å². The SMILES string of the molecule is C[C](C)CC(C)(C)C[Si](C)C. The second-order valence-corrected chi connectivity index (χ2v) is 7.70. The maximum atomic E-state index is 2.40. The van der Waals surface area contributed by atoms with Crippen molar-refractivity contribution in [2.75, 3.05) is 0 Å². The summed E-state index contributed by atoms with van der Waals surface area (Å²) in [6, 6.07) is 1.43. The van der Waals surface area contributed by atoms with E-state index in [1.165, 1.54) is 12.5 Å². The highest BCUT2D eigenvalue weighted by atomic mass is 28.3. The van der Waals surface area contributed by atoms with Crippen LogP contribution in [0.2, 0.25) is 19.1 Å². The quantitative estimate of drug-likeness (QED) is 0.563. The van der Waals surface area contributed by atoms with Crippen LogP contribution in [0.3, 0.4) is 0 Å². The van der Waals surface area contributed by atoms with Crippen LogP contribution < -0.4 is 0 Å². The van der Waals surface area contributed by atoms with Gasteiger partial charge in [0.25, 0.3) is 0 Å². The van der Waals surface area contributed by atoms with E-state index >= 15 is 0 Å². The molecule has 66 valence electrons. The van der Waals surface area contributed by atoms with Gasteiger partial charge in [-0.3, -0.25) is 0 Å². The Morgan fingerprint density at radius 1 is 1.18 bits per heavy atom. The molecule has 0 fully saturated rings. The van der Waals surface area contributed by atoms with Crippen molar-refractivity contribution in [2.45, 2.75) is 53.3 Å². The fraction of sp³-hybridized carbons (Fsp3) is 0.900. The zero-order valence-electron chi connectivity index (χ0n) is 8.91. The standard InChI is InChI=1S/C10H22Si/c1-9(2)7-10(3,4)8-11(5)6/h7-8H2,1-6H3. The van der Waals surface area contributed by atoms with Crippen LogP contribution in [0.4, 0.5) is 0 Å². The van der Waals surface area contributed by atoms with E-state index in [-0.39, 0.29) is 8.80 Å². The van der Waals surface area contributed by atoms with Crippen LogP contribution in [0.5, 0.6) is 0 Å². The zero-order chi connectivity index (χ0) is 9.07. The maximum Gasteiger partial charge on any atom is 0.0418 e. The van der Waals surface area contributed by atoms with Crippen molar-refractivity contribution in [2.24, 2.45) is 5.41 Å². The van der Waals surface area contributed by atoms with E-state index in [1.54, 1.807) is 5.92 Å². The van der Waals surface area contributed by atoms with Gasteiger partial charge in [0.05, 0.1) is 0 Å². The minimum atomic E-state index is -0.0501. The molecule has 0 aliphatic heterocycles. The molecule has 2 radical (unpaired) electrons. The van der Waals surface area contributed by atoms with Gasteiger partial charge in [-0.15, -0.1) is 0 Å². The van der Waals surface area contributed by atoms with E-state index in [9.17, 15) is 0 Å². The molecule has 0 aromatic rings. The van der Waals surface area contributed by atoms with E-state index in [1.807, 2.05) is 0 Å². The normalized spacial score (nSPS) is 13.1. The summed E-state index contributed by atoms with van der Waals surface area (Å²) in [5, 5.41) is 0. The lowest BCUT2D eigenvalue weighted by atomic mass is 9.86.